The first-order chi connectivity index (χ1) is 11.3. The van der Waals surface area contributed by atoms with E-state index in [-0.39, 0.29) is 10.5 Å². The fraction of sp³-hybridized carbons (Fsp3) is 0.412. The first-order valence-corrected chi connectivity index (χ1v) is 9.25. The van der Waals surface area contributed by atoms with E-state index in [1.807, 2.05) is 0 Å². The van der Waals surface area contributed by atoms with Crippen molar-refractivity contribution in [2.24, 2.45) is 0 Å². The third kappa shape index (κ3) is 7.04. The molecule has 0 radical (unpaired) electrons. The molecular weight excluding hydrogens is 351 g/mol. The Labute approximate surface area is 146 Å². The molecule has 0 saturated carbocycles. The van der Waals surface area contributed by atoms with Crippen LogP contribution in [0, 0.1) is 12.7 Å². The van der Waals surface area contributed by atoms with Gasteiger partial charge in [0, 0.05) is 24.0 Å². The fourth-order valence-corrected chi connectivity index (χ4v) is 2.88. The van der Waals surface area contributed by atoms with Crippen LogP contribution in [0.15, 0.2) is 29.2 Å². The standard InChI is InChI=1S/C17H21FO6S/c1-11-8-13(18)12(14(9-11)25(5,21)22)10-23-15(19)6-7-16(20)24-17(2,3)4/h6-9H,10H2,1-5H3/b7-6+. The summed E-state index contributed by atoms with van der Waals surface area (Å²) < 4.78 is 47.4. The van der Waals surface area contributed by atoms with E-state index in [0.29, 0.717) is 5.56 Å². The molecule has 0 saturated heterocycles. The van der Waals surface area contributed by atoms with Crippen molar-refractivity contribution in [2.45, 2.75) is 44.8 Å². The van der Waals surface area contributed by atoms with Crippen LogP contribution in [0.4, 0.5) is 4.39 Å². The maximum absolute atomic E-state index is 14.0. The van der Waals surface area contributed by atoms with Gasteiger partial charge in [-0.2, -0.15) is 0 Å². The molecule has 25 heavy (non-hydrogen) atoms. The zero-order chi connectivity index (χ0) is 19.4. The van der Waals surface area contributed by atoms with Crippen LogP contribution in [0.1, 0.15) is 31.9 Å². The van der Waals surface area contributed by atoms with Crippen LogP contribution in [-0.4, -0.2) is 32.2 Å². The Bertz CT molecular complexity index is 803. The van der Waals surface area contributed by atoms with E-state index in [0.717, 1.165) is 24.5 Å². The molecule has 0 N–H and O–H groups in total. The van der Waals surface area contributed by atoms with Crippen LogP contribution in [-0.2, 0) is 35.5 Å². The van der Waals surface area contributed by atoms with Crippen LogP contribution >= 0.6 is 0 Å². The van der Waals surface area contributed by atoms with Crippen molar-refractivity contribution >= 4 is 21.8 Å². The van der Waals surface area contributed by atoms with Gasteiger partial charge in [0.1, 0.15) is 18.0 Å². The van der Waals surface area contributed by atoms with Gasteiger partial charge in [-0.15, -0.1) is 0 Å². The second-order valence-electron chi connectivity index (χ2n) is 6.47. The Morgan fingerprint density at radius 3 is 2.24 bits per heavy atom. The summed E-state index contributed by atoms with van der Waals surface area (Å²) in [6.45, 7) is 5.99. The lowest BCUT2D eigenvalue weighted by Crippen LogP contribution is -2.22. The van der Waals surface area contributed by atoms with E-state index in [2.05, 4.69) is 0 Å². The maximum atomic E-state index is 14.0. The number of aryl methyl sites for hydroxylation is 1. The molecule has 0 aliphatic rings. The summed E-state index contributed by atoms with van der Waals surface area (Å²) >= 11 is 0. The summed E-state index contributed by atoms with van der Waals surface area (Å²) in [4.78, 5) is 22.9. The molecule has 0 amide bonds. The summed E-state index contributed by atoms with van der Waals surface area (Å²) in [5.74, 6) is -2.45. The molecular formula is C17H21FO6S. The highest BCUT2D eigenvalue weighted by atomic mass is 32.2. The normalized spacial score (nSPS) is 12.2. The number of sulfone groups is 1. The second kappa shape index (κ2) is 7.77. The smallest absolute Gasteiger partial charge is 0.331 e. The largest absolute Gasteiger partial charge is 0.457 e. The average Bonchev–Trinajstić information content (AvgIpc) is 2.40. The van der Waals surface area contributed by atoms with Crippen LogP contribution in [0.3, 0.4) is 0 Å². The molecule has 0 bridgehead atoms. The van der Waals surface area contributed by atoms with Gasteiger partial charge in [0.25, 0.3) is 0 Å². The number of ether oxygens (including phenoxy) is 2. The molecule has 0 fully saturated rings. The van der Waals surface area contributed by atoms with Gasteiger partial charge < -0.3 is 9.47 Å². The third-order valence-electron chi connectivity index (χ3n) is 2.82. The number of hydrogen-bond acceptors (Lipinski definition) is 6. The summed E-state index contributed by atoms with van der Waals surface area (Å²) in [6.07, 6.45) is 2.66. The Balaban J connectivity index is 2.85. The second-order valence-corrected chi connectivity index (χ2v) is 8.45. The molecule has 0 aliphatic heterocycles. The number of esters is 2. The lowest BCUT2D eigenvalue weighted by molar-refractivity contribution is -0.149. The monoisotopic (exact) mass is 372 g/mol. The Hall–Kier alpha value is -2.22. The number of carbonyl (C=O) groups is 2. The topological polar surface area (TPSA) is 86.7 Å². The molecule has 0 unspecified atom stereocenters. The predicted molar refractivity (Wildman–Crippen MR) is 89.0 cm³/mol. The van der Waals surface area contributed by atoms with Crippen molar-refractivity contribution in [3.8, 4) is 0 Å². The molecule has 6 nitrogen and oxygen atoms in total. The summed E-state index contributed by atoms with van der Waals surface area (Å²) in [6, 6.07) is 2.45. The average molecular weight is 372 g/mol. The third-order valence-corrected chi connectivity index (χ3v) is 3.98. The lowest BCUT2D eigenvalue weighted by atomic mass is 10.1. The minimum atomic E-state index is -3.70. The van der Waals surface area contributed by atoms with Crippen molar-refractivity contribution in [2.75, 3.05) is 6.26 Å². The lowest BCUT2D eigenvalue weighted by Gasteiger charge is -2.17. The van der Waals surface area contributed by atoms with Gasteiger partial charge in [-0.05, 0) is 45.4 Å². The molecule has 1 aromatic carbocycles. The van der Waals surface area contributed by atoms with Gasteiger partial charge in [0.2, 0.25) is 0 Å². The van der Waals surface area contributed by atoms with Gasteiger partial charge in [-0.25, -0.2) is 22.4 Å². The zero-order valence-corrected chi connectivity index (χ0v) is 15.6. The van der Waals surface area contributed by atoms with Crippen molar-refractivity contribution in [3.05, 3.63) is 41.2 Å². The highest BCUT2D eigenvalue weighted by Gasteiger charge is 2.19. The van der Waals surface area contributed by atoms with Gasteiger partial charge in [-0.3, -0.25) is 0 Å². The van der Waals surface area contributed by atoms with E-state index >= 15 is 0 Å². The first kappa shape index (κ1) is 20.8. The summed E-state index contributed by atoms with van der Waals surface area (Å²) in [5.41, 5.74) is -0.522. The minimum Gasteiger partial charge on any atom is -0.457 e. The number of hydrogen-bond donors (Lipinski definition) is 0. The van der Waals surface area contributed by atoms with Crippen molar-refractivity contribution < 1.29 is 31.9 Å². The van der Waals surface area contributed by atoms with Crippen LogP contribution in [0.5, 0.6) is 0 Å². The van der Waals surface area contributed by atoms with Gasteiger partial charge in [0.15, 0.2) is 9.84 Å². The van der Waals surface area contributed by atoms with Crippen LogP contribution in [0.25, 0.3) is 0 Å². The van der Waals surface area contributed by atoms with Crippen molar-refractivity contribution in [3.63, 3.8) is 0 Å². The number of benzene rings is 1. The van der Waals surface area contributed by atoms with E-state index in [1.54, 1.807) is 27.7 Å². The quantitative estimate of drug-likeness (QED) is 0.583. The Morgan fingerprint density at radius 1 is 1.16 bits per heavy atom. The molecule has 1 rings (SSSR count). The molecule has 0 heterocycles. The van der Waals surface area contributed by atoms with E-state index in [9.17, 15) is 22.4 Å². The summed E-state index contributed by atoms with van der Waals surface area (Å²) in [5, 5.41) is 0. The highest BCUT2D eigenvalue weighted by molar-refractivity contribution is 7.90. The van der Waals surface area contributed by atoms with E-state index < -0.39 is 39.8 Å². The highest BCUT2D eigenvalue weighted by Crippen LogP contribution is 2.22. The number of rotatable bonds is 5. The Kier molecular flexibility index (Phi) is 6.48. The van der Waals surface area contributed by atoms with Crippen molar-refractivity contribution in [1.82, 2.24) is 0 Å². The van der Waals surface area contributed by atoms with E-state index in [1.165, 1.54) is 6.07 Å². The van der Waals surface area contributed by atoms with Crippen molar-refractivity contribution in [1.29, 1.82) is 0 Å². The maximum Gasteiger partial charge on any atom is 0.331 e. The van der Waals surface area contributed by atoms with Gasteiger partial charge in [-0.1, -0.05) is 0 Å². The number of carbonyl (C=O) groups excluding carboxylic acids is 2. The Morgan fingerprint density at radius 2 is 1.72 bits per heavy atom. The summed E-state index contributed by atoms with van der Waals surface area (Å²) in [7, 11) is -3.70. The van der Waals surface area contributed by atoms with Crippen LogP contribution < -0.4 is 0 Å². The van der Waals surface area contributed by atoms with E-state index in [4.69, 9.17) is 9.47 Å². The molecule has 138 valence electrons. The number of halogens is 1. The molecule has 0 aromatic heterocycles. The zero-order valence-electron chi connectivity index (χ0n) is 14.8. The molecule has 0 spiro atoms. The van der Waals surface area contributed by atoms with Gasteiger partial charge in [0.05, 0.1) is 4.90 Å². The molecule has 8 heteroatoms. The van der Waals surface area contributed by atoms with Gasteiger partial charge >= 0.3 is 11.9 Å². The fourth-order valence-electron chi connectivity index (χ4n) is 1.87. The molecule has 0 aliphatic carbocycles. The molecule has 1 aromatic rings. The minimum absolute atomic E-state index is 0.242. The van der Waals surface area contributed by atoms with Crippen LogP contribution in [0.2, 0.25) is 0 Å². The first-order valence-electron chi connectivity index (χ1n) is 7.36. The predicted octanol–water partition coefficient (Wildman–Crippen LogP) is 2.48. The SMILES string of the molecule is Cc1cc(F)c(COC(=O)/C=C/C(=O)OC(C)(C)C)c(S(C)(=O)=O)c1. The molecule has 0 atom stereocenters.